The van der Waals surface area contributed by atoms with E-state index in [2.05, 4.69) is 0 Å². The molecular formula is C26H28O15. The Morgan fingerprint density at radius 3 is 2.37 bits per heavy atom. The van der Waals surface area contributed by atoms with Crippen LogP contribution < -0.4 is 10.4 Å². The highest BCUT2D eigenvalue weighted by Gasteiger charge is 2.50. The maximum Gasteiger partial charge on any atom is 0.336 e. The third-order valence-electron chi connectivity index (χ3n) is 7.00. The Labute approximate surface area is 230 Å². The SMILES string of the molecule is O=c1cc(-c2ccc(O)c(O)c2)c2c(OC3OC(COC4OCC(O)(CO)C4O)C(O)C(O)C3O)cc(O)cc2o1. The first-order valence-corrected chi connectivity index (χ1v) is 12.4. The van der Waals surface area contributed by atoms with Gasteiger partial charge in [-0.1, -0.05) is 6.07 Å². The van der Waals surface area contributed by atoms with Gasteiger partial charge >= 0.3 is 5.63 Å². The molecule has 2 fully saturated rings. The van der Waals surface area contributed by atoms with Gasteiger partial charge in [-0.25, -0.2) is 4.79 Å². The molecule has 0 radical (unpaired) electrons. The lowest BCUT2D eigenvalue weighted by Crippen LogP contribution is -2.60. The van der Waals surface area contributed by atoms with E-state index >= 15 is 0 Å². The molecule has 2 saturated heterocycles. The van der Waals surface area contributed by atoms with E-state index in [9.17, 15) is 50.8 Å². The monoisotopic (exact) mass is 580 g/mol. The molecule has 3 heterocycles. The van der Waals surface area contributed by atoms with Crippen LogP contribution in [0.25, 0.3) is 22.1 Å². The molecule has 8 atom stereocenters. The number of ether oxygens (including phenoxy) is 4. The molecule has 2 aromatic carbocycles. The molecule has 15 heteroatoms. The number of hydrogen-bond acceptors (Lipinski definition) is 15. The summed E-state index contributed by atoms with van der Waals surface area (Å²) in [7, 11) is 0. The van der Waals surface area contributed by atoms with Crippen LogP contribution in [-0.4, -0.2) is 114 Å². The van der Waals surface area contributed by atoms with Gasteiger partial charge in [0.15, 0.2) is 17.8 Å². The minimum Gasteiger partial charge on any atom is -0.508 e. The van der Waals surface area contributed by atoms with Crippen LogP contribution in [0.3, 0.4) is 0 Å². The lowest BCUT2D eigenvalue weighted by molar-refractivity contribution is -0.289. The summed E-state index contributed by atoms with van der Waals surface area (Å²) in [5.74, 6) is -1.49. The summed E-state index contributed by atoms with van der Waals surface area (Å²) in [6.07, 6.45) is -11.5. The molecule has 2 aliphatic rings. The Balaban J connectivity index is 1.45. The van der Waals surface area contributed by atoms with Crippen LogP contribution >= 0.6 is 0 Å². The largest absolute Gasteiger partial charge is 0.508 e. The van der Waals surface area contributed by atoms with Crippen LogP contribution in [0.5, 0.6) is 23.0 Å². The number of aliphatic hydroxyl groups excluding tert-OH is 5. The fraction of sp³-hybridized carbons (Fsp3) is 0.423. The minimum absolute atomic E-state index is 0.0856. The molecule has 1 aromatic heterocycles. The van der Waals surface area contributed by atoms with Gasteiger partial charge in [-0.05, 0) is 17.7 Å². The van der Waals surface area contributed by atoms with Crippen LogP contribution in [-0.2, 0) is 14.2 Å². The van der Waals surface area contributed by atoms with Gasteiger partial charge < -0.3 is 69.3 Å². The predicted octanol–water partition coefficient (Wildman–Crippen LogP) is -1.78. The summed E-state index contributed by atoms with van der Waals surface area (Å²) in [5, 5.41) is 91.2. The summed E-state index contributed by atoms with van der Waals surface area (Å²) in [6, 6.07) is 7.08. The van der Waals surface area contributed by atoms with Crippen molar-refractivity contribution < 1.29 is 69.3 Å². The predicted molar refractivity (Wildman–Crippen MR) is 134 cm³/mol. The standard InChI is InChI=1S/C26H28O15/c27-8-26(36)9-38-25(23(26)35)37-7-17-20(32)21(33)22(34)24(41-17)40-16-5-11(28)4-15-19(16)12(6-18(31)39-15)10-1-2-13(29)14(30)3-10/h1-6,17,20-25,27-30,32-36H,7-9H2. The zero-order valence-corrected chi connectivity index (χ0v) is 21.1. The Morgan fingerprint density at radius 1 is 0.927 bits per heavy atom. The van der Waals surface area contributed by atoms with Gasteiger partial charge in [0.25, 0.3) is 0 Å². The molecule has 15 nitrogen and oxygen atoms in total. The normalized spacial score (nSPS) is 31.9. The number of aromatic hydroxyl groups is 3. The third kappa shape index (κ3) is 5.42. The van der Waals surface area contributed by atoms with Crippen molar-refractivity contribution in [1.29, 1.82) is 0 Å². The first-order chi connectivity index (χ1) is 19.4. The number of benzene rings is 2. The molecule has 0 spiro atoms. The quantitative estimate of drug-likeness (QED) is 0.111. The van der Waals surface area contributed by atoms with Gasteiger partial charge in [0.2, 0.25) is 6.29 Å². The number of hydrogen-bond donors (Lipinski definition) is 9. The molecule has 5 rings (SSSR count). The lowest BCUT2D eigenvalue weighted by Gasteiger charge is -2.40. The minimum atomic E-state index is -1.96. The average molecular weight is 580 g/mol. The third-order valence-corrected chi connectivity index (χ3v) is 7.00. The van der Waals surface area contributed by atoms with E-state index in [0.717, 1.165) is 18.2 Å². The molecule has 41 heavy (non-hydrogen) atoms. The number of phenolic OH excluding ortho intramolecular Hbond substituents is 3. The van der Waals surface area contributed by atoms with E-state index < -0.39 is 91.4 Å². The highest BCUT2D eigenvalue weighted by Crippen LogP contribution is 2.40. The Hall–Kier alpha value is -3.51. The second kappa shape index (κ2) is 11.1. The zero-order chi connectivity index (χ0) is 29.6. The van der Waals surface area contributed by atoms with Gasteiger partial charge in [0, 0.05) is 23.8 Å². The van der Waals surface area contributed by atoms with Crippen LogP contribution in [0.1, 0.15) is 0 Å². The molecule has 8 unspecified atom stereocenters. The van der Waals surface area contributed by atoms with Crippen LogP contribution in [0.2, 0.25) is 0 Å². The number of aliphatic hydroxyl groups is 6. The Kier molecular flexibility index (Phi) is 7.82. The second-order valence-corrected chi connectivity index (χ2v) is 9.85. The summed E-state index contributed by atoms with van der Waals surface area (Å²) >= 11 is 0. The summed E-state index contributed by atoms with van der Waals surface area (Å²) in [6.45, 7) is -1.76. The highest BCUT2D eigenvalue weighted by atomic mass is 16.7. The summed E-state index contributed by atoms with van der Waals surface area (Å²) in [4.78, 5) is 12.3. The molecular weight excluding hydrogens is 552 g/mol. The molecule has 2 aliphatic heterocycles. The number of fused-ring (bicyclic) bond motifs is 1. The van der Waals surface area contributed by atoms with Crippen molar-refractivity contribution in [3.63, 3.8) is 0 Å². The van der Waals surface area contributed by atoms with Gasteiger partial charge in [-0.2, -0.15) is 0 Å². The van der Waals surface area contributed by atoms with Crippen molar-refractivity contribution >= 4 is 11.0 Å². The van der Waals surface area contributed by atoms with E-state index in [1.54, 1.807) is 0 Å². The van der Waals surface area contributed by atoms with E-state index in [-0.39, 0.29) is 27.8 Å². The van der Waals surface area contributed by atoms with Crippen molar-refractivity contribution in [3.8, 4) is 34.1 Å². The maximum absolute atomic E-state index is 12.3. The van der Waals surface area contributed by atoms with Crippen molar-refractivity contribution in [3.05, 3.63) is 46.8 Å². The number of phenols is 3. The zero-order valence-electron chi connectivity index (χ0n) is 21.1. The molecule has 0 bridgehead atoms. The Bertz CT molecular complexity index is 1470. The fourth-order valence-corrected chi connectivity index (χ4v) is 4.66. The molecule has 222 valence electrons. The molecule has 0 amide bonds. The van der Waals surface area contributed by atoms with Crippen molar-refractivity contribution in [1.82, 2.24) is 0 Å². The van der Waals surface area contributed by atoms with Gasteiger partial charge in [-0.15, -0.1) is 0 Å². The average Bonchev–Trinajstić information content (AvgIpc) is 3.22. The van der Waals surface area contributed by atoms with Crippen molar-refractivity contribution in [2.45, 2.75) is 48.7 Å². The van der Waals surface area contributed by atoms with E-state index in [1.807, 2.05) is 0 Å². The molecule has 0 saturated carbocycles. The Morgan fingerprint density at radius 2 is 1.68 bits per heavy atom. The summed E-state index contributed by atoms with van der Waals surface area (Å²) < 4.78 is 27.2. The first kappa shape index (κ1) is 29.0. The topological polar surface area (TPSA) is 249 Å². The van der Waals surface area contributed by atoms with Gasteiger partial charge in [0.1, 0.15) is 53.2 Å². The maximum atomic E-state index is 12.3. The van der Waals surface area contributed by atoms with Crippen molar-refractivity contribution in [2.24, 2.45) is 0 Å². The molecule has 9 N–H and O–H groups in total. The second-order valence-electron chi connectivity index (χ2n) is 9.85. The first-order valence-electron chi connectivity index (χ1n) is 12.4. The lowest BCUT2D eigenvalue weighted by atomic mass is 9.98. The molecule has 3 aromatic rings. The van der Waals surface area contributed by atoms with Crippen molar-refractivity contribution in [2.75, 3.05) is 19.8 Å². The molecule has 0 aliphatic carbocycles. The van der Waals surface area contributed by atoms with Crippen LogP contribution in [0.15, 0.2) is 45.6 Å². The smallest absolute Gasteiger partial charge is 0.336 e. The van der Waals surface area contributed by atoms with E-state index in [1.165, 1.54) is 18.2 Å². The van der Waals surface area contributed by atoms with Crippen LogP contribution in [0, 0.1) is 0 Å². The fourth-order valence-electron chi connectivity index (χ4n) is 4.66. The van der Waals surface area contributed by atoms with Gasteiger partial charge in [-0.3, -0.25) is 0 Å². The van der Waals surface area contributed by atoms with E-state index in [4.69, 9.17) is 23.4 Å². The highest BCUT2D eigenvalue weighted by molar-refractivity contribution is 5.98. The number of rotatable bonds is 7. The van der Waals surface area contributed by atoms with Gasteiger partial charge in [0.05, 0.1) is 25.2 Å². The van der Waals surface area contributed by atoms with Crippen LogP contribution in [0.4, 0.5) is 0 Å². The summed E-state index contributed by atoms with van der Waals surface area (Å²) in [5.41, 5.74) is -2.53. The van der Waals surface area contributed by atoms with E-state index in [0.29, 0.717) is 0 Å².